The van der Waals surface area contributed by atoms with Crippen molar-refractivity contribution in [1.82, 2.24) is 15.7 Å². The molecule has 1 aliphatic rings. The molecule has 0 bridgehead atoms. The summed E-state index contributed by atoms with van der Waals surface area (Å²) in [5.41, 5.74) is 2.22. The lowest BCUT2D eigenvalue weighted by molar-refractivity contribution is -0.200. The standard InChI is InChI=1S/C22H17F3N2O6.C18H14F3NO4/c23-22(24,25)21(32)26-16(20(31)33-27-17(28)10-11-18(27)29)12-13-6-8-15(9-7-13)19(30)14-4-2-1-3-5-14;19-18(20,21)17(26)22-14(16(24)25)10-11-6-8-13(9-7-11)15(23)12-4-2-1-3-5-12/h1-9,16H,10-12H2,(H,26,32);1-9,14H,10H2,(H,22,26)(H,24,25). The van der Waals surface area contributed by atoms with Crippen LogP contribution in [0.4, 0.5) is 26.3 Å². The Morgan fingerprint density at radius 3 is 1.25 bits per heavy atom. The number of nitrogens with zero attached hydrogens (tertiary/aromatic N) is 1. The molecule has 1 heterocycles. The number of benzene rings is 4. The molecule has 19 heteroatoms. The number of carbonyl (C=O) groups excluding carboxylic acids is 7. The number of amides is 4. The number of imide groups is 1. The molecule has 0 aromatic heterocycles. The van der Waals surface area contributed by atoms with E-state index in [1.165, 1.54) is 59.2 Å². The smallest absolute Gasteiger partial charge is 0.471 e. The summed E-state index contributed by atoms with van der Waals surface area (Å²) in [4.78, 5) is 98.5. The third-order valence-electron chi connectivity index (χ3n) is 8.28. The van der Waals surface area contributed by atoms with Gasteiger partial charge in [0.25, 0.3) is 11.8 Å². The van der Waals surface area contributed by atoms with Crippen molar-refractivity contribution in [3.63, 3.8) is 0 Å². The van der Waals surface area contributed by atoms with Crippen LogP contribution in [0.3, 0.4) is 0 Å². The van der Waals surface area contributed by atoms with Gasteiger partial charge >= 0.3 is 36.1 Å². The quantitative estimate of drug-likeness (QED) is 0.0967. The average molecular weight is 828 g/mol. The van der Waals surface area contributed by atoms with E-state index in [9.17, 15) is 64.7 Å². The predicted molar refractivity (Wildman–Crippen MR) is 191 cm³/mol. The van der Waals surface area contributed by atoms with E-state index in [0.29, 0.717) is 33.4 Å². The van der Waals surface area contributed by atoms with Crippen molar-refractivity contribution in [3.05, 3.63) is 143 Å². The van der Waals surface area contributed by atoms with Crippen molar-refractivity contribution in [2.45, 2.75) is 50.1 Å². The first-order chi connectivity index (χ1) is 27.7. The SMILES string of the molecule is O=C(c1ccccc1)c1ccc(CC(NC(=O)C(F)(F)F)C(=O)O)cc1.O=C(c1ccccc1)c1ccc(CC(NC(=O)C(F)(F)F)C(=O)ON2C(=O)CCC2=O)cc1. The topological polar surface area (TPSA) is 193 Å². The average Bonchev–Trinajstić information content (AvgIpc) is 3.52. The Labute approximate surface area is 329 Å². The van der Waals surface area contributed by atoms with Gasteiger partial charge in [-0.25, -0.2) is 9.59 Å². The van der Waals surface area contributed by atoms with Gasteiger partial charge in [0.2, 0.25) is 0 Å². The molecule has 3 N–H and O–H groups in total. The first-order valence-electron chi connectivity index (χ1n) is 17.2. The van der Waals surface area contributed by atoms with E-state index in [0.717, 1.165) is 0 Å². The molecule has 5 rings (SSSR count). The van der Waals surface area contributed by atoms with Crippen LogP contribution < -0.4 is 10.6 Å². The molecule has 1 fully saturated rings. The van der Waals surface area contributed by atoms with Gasteiger partial charge in [-0.3, -0.25) is 28.8 Å². The molecule has 4 aromatic rings. The number of halogens is 6. The van der Waals surface area contributed by atoms with Crippen LogP contribution in [-0.2, 0) is 46.4 Å². The molecule has 0 spiro atoms. The van der Waals surface area contributed by atoms with Crippen molar-refractivity contribution < 1.29 is 74.6 Å². The molecule has 0 aliphatic carbocycles. The summed E-state index contributed by atoms with van der Waals surface area (Å²) in [7, 11) is 0. The number of nitrogens with one attached hydrogen (secondary N) is 2. The van der Waals surface area contributed by atoms with Crippen molar-refractivity contribution >= 4 is 47.1 Å². The zero-order chi connectivity index (χ0) is 43.5. The molecule has 0 radical (unpaired) electrons. The second kappa shape index (κ2) is 19.3. The molecule has 4 amide bonds. The van der Waals surface area contributed by atoms with Crippen LogP contribution >= 0.6 is 0 Å². The summed E-state index contributed by atoms with van der Waals surface area (Å²) < 4.78 is 75.0. The number of ketones is 2. The normalized spacial score (nSPS) is 13.6. The number of hydrogen-bond acceptors (Lipinski definition) is 9. The molecule has 1 saturated heterocycles. The molecule has 2 atom stereocenters. The van der Waals surface area contributed by atoms with Crippen LogP contribution in [0.15, 0.2) is 109 Å². The summed E-state index contributed by atoms with van der Waals surface area (Å²) >= 11 is 0. The number of carboxylic acids is 1. The zero-order valence-corrected chi connectivity index (χ0v) is 30.2. The summed E-state index contributed by atoms with van der Waals surface area (Å²) in [5.74, 6) is -9.88. The number of carboxylic acid groups (broad SMARTS) is 1. The number of alkyl halides is 6. The summed E-state index contributed by atoms with van der Waals surface area (Å²) in [6.07, 6.45) is -11.7. The number of hydrogen-bond donors (Lipinski definition) is 3. The van der Waals surface area contributed by atoms with E-state index >= 15 is 0 Å². The maximum Gasteiger partial charge on any atom is 0.471 e. The molecule has 59 heavy (non-hydrogen) atoms. The van der Waals surface area contributed by atoms with E-state index in [1.54, 1.807) is 60.7 Å². The first-order valence-corrected chi connectivity index (χ1v) is 17.2. The molecular weight excluding hydrogens is 796 g/mol. The number of rotatable bonds is 13. The van der Waals surface area contributed by atoms with Crippen molar-refractivity contribution in [2.75, 3.05) is 0 Å². The molecule has 0 saturated carbocycles. The molecule has 1 aliphatic heterocycles. The molecule has 4 aromatic carbocycles. The maximum absolute atomic E-state index is 12.7. The lowest BCUT2D eigenvalue weighted by Gasteiger charge is -2.21. The van der Waals surface area contributed by atoms with Gasteiger partial charge in [-0.05, 0) is 11.1 Å². The molecule has 308 valence electrons. The van der Waals surface area contributed by atoms with E-state index in [2.05, 4.69) is 4.84 Å². The third kappa shape index (κ3) is 12.7. The van der Waals surface area contributed by atoms with Crippen LogP contribution in [0.1, 0.15) is 55.8 Å². The van der Waals surface area contributed by atoms with Crippen LogP contribution in [-0.4, -0.2) is 81.7 Å². The van der Waals surface area contributed by atoms with E-state index in [-0.39, 0.29) is 35.9 Å². The largest absolute Gasteiger partial charge is 0.480 e. The zero-order valence-electron chi connectivity index (χ0n) is 30.2. The Kier molecular flexibility index (Phi) is 14.6. The van der Waals surface area contributed by atoms with E-state index < -0.39 is 66.4 Å². The third-order valence-corrected chi connectivity index (χ3v) is 8.28. The summed E-state index contributed by atoms with van der Waals surface area (Å²) in [6.45, 7) is 0. The van der Waals surface area contributed by atoms with Crippen LogP contribution in [0.25, 0.3) is 0 Å². The lowest BCUT2D eigenvalue weighted by Crippen LogP contribution is -2.50. The highest BCUT2D eigenvalue weighted by Gasteiger charge is 2.43. The van der Waals surface area contributed by atoms with Crippen molar-refractivity contribution in [2.24, 2.45) is 0 Å². The Morgan fingerprint density at radius 1 is 0.559 bits per heavy atom. The summed E-state index contributed by atoms with van der Waals surface area (Å²) in [5, 5.41) is 12.1. The van der Waals surface area contributed by atoms with Gasteiger partial charge in [-0.1, -0.05) is 109 Å². The van der Waals surface area contributed by atoms with Crippen molar-refractivity contribution in [3.8, 4) is 0 Å². The summed E-state index contributed by atoms with van der Waals surface area (Å²) in [6, 6.07) is 24.7. The van der Waals surface area contributed by atoms with Crippen LogP contribution in [0.2, 0.25) is 0 Å². The maximum atomic E-state index is 12.7. The lowest BCUT2D eigenvalue weighted by atomic mass is 9.99. The van der Waals surface area contributed by atoms with Crippen LogP contribution in [0, 0.1) is 0 Å². The fourth-order valence-electron chi connectivity index (χ4n) is 5.25. The van der Waals surface area contributed by atoms with Gasteiger partial charge in [0.05, 0.1) is 0 Å². The minimum Gasteiger partial charge on any atom is -0.480 e. The van der Waals surface area contributed by atoms with Gasteiger partial charge in [0.1, 0.15) is 12.1 Å². The fraction of sp³-hybridized carbons (Fsp3) is 0.200. The van der Waals surface area contributed by atoms with Gasteiger partial charge in [-0.2, -0.15) is 26.3 Å². The highest BCUT2D eigenvalue weighted by molar-refractivity contribution is 6.09. The van der Waals surface area contributed by atoms with E-state index in [1.807, 2.05) is 0 Å². The Hall–Kier alpha value is -7.18. The highest BCUT2D eigenvalue weighted by atomic mass is 19.4. The fourth-order valence-corrected chi connectivity index (χ4v) is 5.25. The Balaban J connectivity index is 0.000000268. The molecule has 13 nitrogen and oxygen atoms in total. The second-order valence-electron chi connectivity index (χ2n) is 12.6. The monoisotopic (exact) mass is 827 g/mol. The Bertz CT molecular complexity index is 2180. The minimum absolute atomic E-state index is 0.177. The highest BCUT2D eigenvalue weighted by Crippen LogP contribution is 2.20. The predicted octanol–water partition coefficient (Wildman–Crippen LogP) is 4.71. The van der Waals surface area contributed by atoms with E-state index in [4.69, 9.17) is 5.11 Å². The second-order valence-corrected chi connectivity index (χ2v) is 12.6. The van der Waals surface area contributed by atoms with Gasteiger partial charge in [-0.15, -0.1) is 5.06 Å². The number of carbonyl (C=O) groups is 8. The molecule has 2 unspecified atom stereocenters. The first kappa shape index (κ1) is 44.5. The Morgan fingerprint density at radius 2 is 0.898 bits per heavy atom. The van der Waals surface area contributed by atoms with Crippen molar-refractivity contribution in [1.29, 1.82) is 0 Å². The van der Waals surface area contributed by atoms with Gasteiger partial charge in [0.15, 0.2) is 11.6 Å². The number of hydroxylamine groups is 2. The minimum atomic E-state index is -5.27. The van der Waals surface area contributed by atoms with Gasteiger partial charge < -0.3 is 20.6 Å². The van der Waals surface area contributed by atoms with Crippen LogP contribution in [0.5, 0.6) is 0 Å². The van der Waals surface area contributed by atoms with Gasteiger partial charge in [0, 0.05) is 47.9 Å². The molecular formula is C40H31F6N3O10. The number of aliphatic carboxylic acids is 1.